The molecular formula is C18H21F2N5OS2. The van der Waals surface area contributed by atoms with Crippen LogP contribution in [0.4, 0.5) is 19.7 Å². The molecule has 1 atom stereocenters. The maximum Gasteiger partial charge on any atom is 0.191 e. The van der Waals surface area contributed by atoms with E-state index in [0.717, 1.165) is 24.6 Å². The van der Waals surface area contributed by atoms with E-state index in [1.165, 1.54) is 23.1 Å². The number of rotatable bonds is 8. The van der Waals surface area contributed by atoms with Crippen LogP contribution in [0.25, 0.3) is 10.3 Å². The van der Waals surface area contributed by atoms with Crippen molar-refractivity contribution in [1.82, 2.24) is 15.0 Å². The van der Waals surface area contributed by atoms with Gasteiger partial charge in [0.15, 0.2) is 21.8 Å². The van der Waals surface area contributed by atoms with Gasteiger partial charge in [-0.25, -0.2) is 23.7 Å². The van der Waals surface area contributed by atoms with Crippen molar-refractivity contribution in [2.45, 2.75) is 37.2 Å². The first kappa shape index (κ1) is 20.7. The van der Waals surface area contributed by atoms with E-state index in [1.807, 2.05) is 0 Å². The Morgan fingerprint density at radius 1 is 1.25 bits per heavy atom. The summed E-state index contributed by atoms with van der Waals surface area (Å²) >= 11 is 2.43. The van der Waals surface area contributed by atoms with Crippen LogP contribution in [0, 0.1) is 17.6 Å². The van der Waals surface area contributed by atoms with Gasteiger partial charge in [-0.3, -0.25) is 0 Å². The van der Waals surface area contributed by atoms with Crippen LogP contribution in [0.15, 0.2) is 23.4 Å². The summed E-state index contributed by atoms with van der Waals surface area (Å²) in [7, 11) is 0. The number of aliphatic hydroxyl groups excluding tert-OH is 1. The second-order valence-electron chi connectivity index (χ2n) is 6.74. The number of aliphatic hydroxyl groups is 1. The van der Waals surface area contributed by atoms with Crippen molar-refractivity contribution in [2.75, 3.05) is 17.7 Å². The number of anilines is 2. The quantitative estimate of drug-likeness (QED) is 0.370. The molecule has 0 bridgehead atoms. The number of fused-ring (bicyclic) bond motifs is 1. The SMILES string of the molecule is CC(C)CC(CO)Nc1nc(SCc2cc(F)ccc2F)nc2nc(N)sc12. The molecule has 0 fully saturated rings. The first-order valence-corrected chi connectivity index (χ1v) is 10.5. The fraction of sp³-hybridized carbons (Fsp3) is 0.389. The number of nitrogens with one attached hydrogen (secondary N) is 1. The van der Waals surface area contributed by atoms with Crippen molar-refractivity contribution < 1.29 is 13.9 Å². The molecule has 2 heterocycles. The maximum atomic E-state index is 13.9. The lowest BCUT2D eigenvalue weighted by Crippen LogP contribution is -2.26. The Labute approximate surface area is 169 Å². The van der Waals surface area contributed by atoms with Crippen LogP contribution in [0.5, 0.6) is 0 Å². The van der Waals surface area contributed by atoms with Gasteiger partial charge in [0.25, 0.3) is 0 Å². The van der Waals surface area contributed by atoms with Crippen molar-refractivity contribution in [3.8, 4) is 0 Å². The Balaban J connectivity index is 1.87. The Hall–Kier alpha value is -2.04. The maximum absolute atomic E-state index is 13.9. The monoisotopic (exact) mass is 425 g/mol. The highest BCUT2D eigenvalue weighted by atomic mass is 32.2. The van der Waals surface area contributed by atoms with Gasteiger partial charge in [-0.05, 0) is 30.5 Å². The lowest BCUT2D eigenvalue weighted by molar-refractivity contribution is 0.259. The normalized spacial score (nSPS) is 12.6. The van der Waals surface area contributed by atoms with Gasteiger partial charge in [-0.1, -0.05) is 36.9 Å². The molecule has 1 unspecified atom stereocenters. The molecular weight excluding hydrogens is 404 g/mol. The van der Waals surface area contributed by atoms with Crippen molar-refractivity contribution in [3.05, 3.63) is 35.4 Å². The molecule has 0 aliphatic heterocycles. The fourth-order valence-corrected chi connectivity index (χ4v) is 4.26. The summed E-state index contributed by atoms with van der Waals surface area (Å²) in [6.45, 7) is 4.09. The number of hydrogen-bond donors (Lipinski definition) is 3. The van der Waals surface area contributed by atoms with E-state index in [2.05, 4.69) is 34.1 Å². The third-order valence-corrected chi connectivity index (χ3v) is 5.71. The number of nitrogens with zero attached hydrogens (tertiary/aromatic N) is 3. The molecule has 0 amide bonds. The minimum atomic E-state index is -0.498. The van der Waals surface area contributed by atoms with Gasteiger partial charge in [0.2, 0.25) is 0 Å². The summed E-state index contributed by atoms with van der Waals surface area (Å²) in [5, 5.41) is 13.6. The molecule has 10 heteroatoms. The Bertz CT molecular complexity index is 967. The molecule has 3 rings (SSSR count). The second kappa shape index (κ2) is 8.97. The van der Waals surface area contributed by atoms with E-state index < -0.39 is 11.6 Å². The molecule has 0 saturated carbocycles. The van der Waals surface area contributed by atoms with Gasteiger partial charge < -0.3 is 16.2 Å². The molecule has 0 saturated heterocycles. The number of aromatic nitrogens is 3. The summed E-state index contributed by atoms with van der Waals surface area (Å²) in [4.78, 5) is 13.1. The van der Waals surface area contributed by atoms with Crippen LogP contribution in [-0.4, -0.2) is 32.7 Å². The van der Waals surface area contributed by atoms with Crippen LogP contribution < -0.4 is 11.1 Å². The molecule has 0 aliphatic rings. The largest absolute Gasteiger partial charge is 0.394 e. The van der Waals surface area contributed by atoms with Crippen LogP contribution in [-0.2, 0) is 5.75 Å². The highest BCUT2D eigenvalue weighted by Crippen LogP contribution is 2.32. The van der Waals surface area contributed by atoms with E-state index in [4.69, 9.17) is 5.73 Å². The smallest absolute Gasteiger partial charge is 0.191 e. The summed E-state index contributed by atoms with van der Waals surface area (Å²) in [6, 6.07) is 3.16. The molecule has 1 aromatic carbocycles. The molecule has 3 aromatic rings. The molecule has 0 aliphatic carbocycles. The van der Waals surface area contributed by atoms with Crippen molar-refractivity contribution in [1.29, 1.82) is 0 Å². The molecule has 0 radical (unpaired) electrons. The number of benzene rings is 1. The summed E-state index contributed by atoms with van der Waals surface area (Å²) in [5.41, 5.74) is 6.48. The number of nitrogens with two attached hydrogens (primary N) is 1. The lowest BCUT2D eigenvalue weighted by atomic mass is 10.0. The minimum Gasteiger partial charge on any atom is -0.394 e. The van der Waals surface area contributed by atoms with Gasteiger partial charge in [0, 0.05) is 11.3 Å². The standard InChI is InChI=1S/C18H21F2N5OS2/c1-9(2)5-12(7-26)22-15-14-16(23-17(21)28-14)25-18(24-15)27-8-10-6-11(19)3-4-13(10)20/h3-4,6,9,12,26H,5,7-8H2,1-2H3,(H3,21,22,23,24,25). The second-order valence-corrected chi connectivity index (χ2v) is 8.71. The zero-order chi connectivity index (χ0) is 20.3. The highest BCUT2D eigenvalue weighted by Gasteiger charge is 2.17. The summed E-state index contributed by atoms with van der Waals surface area (Å²) in [5.74, 6) is 0.106. The van der Waals surface area contributed by atoms with Gasteiger partial charge in [-0.15, -0.1) is 0 Å². The average Bonchev–Trinajstić information content (AvgIpc) is 3.02. The zero-order valence-electron chi connectivity index (χ0n) is 15.4. The van der Waals surface area contributed by atoms with Gasteiger partial charge in [0.1, 0.15) is 16.3 Å². The van der Waals surface area contributed by atoms with Crippen molar-refractivity contribution in [3.63, 3.8) is 0 Å². The Morgan fingerprint density at radius 3 is 2.75 bits per heavy atom. The molecule has 150 valence electrons. The predicted molar refractivity (Wildman–Crippen MR) is 109 cm³/mol. The fourth-order valence-electron chi connectivity index (χ4n) is 2.72. The number of hydrogen-bond acceptors (Lipinski definition) is 8. The molecule has 6 nitrogen and oxygen atoms in total. The van der Waals surface area contributed by atoms with Gasteiger partial charge in [-0.2, -0.15) is 0 Å². The van der Waals surface area contributed by atoms with E-state index >= 15 is 0 Å². The third kappa shape index (κ3) is 5.06. The van der Waals surface area contributed by atoms with E-state index in [0.29, 0.717) is 32.4 Å². The van der Waals surface area contributed by atoms with E-state index in [-0.39, 0.29) is 24.0 Å². The lowest BCUT2D eigenvalue weighted by Gasteiger charge is -2.19. The van der Waals surface area contributed by atoms with E-state index in [1.54, 1.807) is 0 Å². The molecule has 28 heavy (non-hydrogen) atoms. The third-order valence-electron chi connectivity index (χ3n) is 3.93. The summed E-state index contributed by atoms with van der Waals surface area (Å²) < 4.78 is 27.9. The molecule has 4 N–H and O–H groups in total. The molecule has 2 aromatic heterocycles. The van der Waals surface area contributed by atoms with Gasteiger partial charge in [0.05, 0.1) is 12.6 Å². The number of nitrogen functional groups attached to an aromatic ring is 1. The van der Waals surface area contributed by atoms with Crippen LogP contribution in [0.3, 0.4) is 0 Å². The topological polar surface area (TPSA) is 97.0 Å². The summed E-state index contributed by atoms with van der Waals surface area (Å²) in [6.07, 6.45) is 0.757. The van der Waals surface area contributed by atoms with Crippen LogP contribution in [0.2, 0.25) is 0 Å². The highest BCUT2D eigenvalue weighted by molar-refractivity contribution is 7.98. The minimum absolute atomic E-state index is 0.0467. The predicted octanol–water partition coefficient (Wildman–Crippen LogP) is 4.06. The number of thiazole rings is 1. The van der Waals surface area contributed by atoms with Crippen LogP contribution >= 0.6 is 23.1 Å². The van der Waals surface area contributed by atoms with Crippen LogP contribution in [0.1, 0.15) is 25.8 Å². The van der Waals surface area contributed by atoms with Crippen molar-refractivity contribution in [2.24, 2.45) is 5.92 Å². The Kier molecular flexibility index (Phi) is 6.63. The van der Waals surface area contributed by atoms with E-state index in [9.17, 15) is 13.9 Å². The van der Waals surface area contributed by atoms with Gasteiger partial charge >= 0.3 is 0 Å². The average molecular weight is 426 g/mol. The first-order chi connectivity index (χ1) is 13.4. The number of thioether (sulfide) groups is 1. The zero-order valence-corrected chi connectivity index (χ0v) is 17.1. The Morgan fingerprint density at radius 2 is 2.04 bits per heavy atom. The van der Waals surface area contributed by atoms with Crippen molar-refractivity contribution >= 4 is 44.4 Å². The number of halogens is 2. The molecule has 0 spiro atoms. The first-order valence-electron chi connectivity index (χ1n) is 8.74.